The van der Waals surface area contributed by atoms with E-state index in [4.69, 9.17) is 11.0 Å². The number of nitrogens with one attached hydrogen (secondary N) is 1. The highest BCUT2D eigenvalue weighted by Crippen LogP contribution is 2.13. The van der Waals surface area contributed by atoms with E-state index >= 15 is 0 Å². The van der Waals surface area contributed by atoms with Gasteiger partial charge in [-0.2, -0.15) is 5.26 Å². The number of amides is 1. The van der Waals surface area contributed by atoms with Gasteiger partial charge in [0.2, 0.25) is 0 Å². The van der Waals surface area contributed by atoms with Gasteiger partial charge < -0.3 is 11.1 Å². The number of hydrogen-bond acceptors (Lipinski definition) is 3. The van der Waals surface area contributed by atoms with Crippen molar-refractivity contribution < 1.29 is 4.79 Å². The van der Waals surface area contributed by atoms with Crippen LogP contribution in [0.15, 0.2) is 28.7 Å². The molecule has 0 heterocycles. The Balaban J connectivity index is 2.66. The zero-order valence-corrected chi connectivity index (χ0v) is 8.78. The molecule has 1 atom stereocenters. The zero-order valence-electron chi connectivity index (χ0n) is 7.20. The van der Waals surface area contributed by atoms with Gasteiger partial charge in [-0.1, -0.05) is 15.9 Å². The Morgan fingerprint density at radius 2 is 2.07 bits per heavy atom. The lowest BCUT2D eigenvalue weighted by Gasteiger charge is -2.05. The van der Waals surface area contributed by atoms with Gasteiger partial charge >= 0.3 is 0 Å². The van der Waals surface area contributed by atoms with E-state index in [1.807, 2.05) is 0 Å². The summed E-state index contributed by atoms with van der Waals surface area (Å²) in [5, 5.41) is 10.9. The summed E-state index contributed by atoms with van der Waals surface area (Å²) in [7, 11) is 0. The molecular formula is C9H8BrN3O. The van der Waals surface area contributed by atoms with Crippen LogP contribution in [0.3, 0.4) is 0 Å². The fourth-order valence-corrected chi connectivity index (χ4v) is 1.08. The molecule has 0 fully saturated rings. The van der Waals surface area contributed by atoms with Crippen LogP contribution < -0.4 is 11.1 Å². The van der Waals surface area contributed by atoms with Crippen LogP contribution in [0, 0.1) is 11.3 Å². The van der Waals surface area contributed by atoms with Crippen molar-refractivity contribution >= 4 is 27.5 Å². The predicted octanol–water partition coefficient (Wildman–Crippen LogP) is 1.24. The highest BCUT2D eigenvalue weighted by molar-refractivity contribution is 9.10. The monoisotopic (exact) mass is 253 g/mol. The first-order valence-electron chi connectivity index (χ1n) is 3.85. The lowest BCUT2D eigenvalue weighted by molar-refractivity contribution is -0.116. The van der Waals surface area contributed by atoms with Gasteiger partial charge in [0.15, 0.2) is 6.04 Å². The van der Waals surface area contributed by atoms with Gasteiger partial charge in [0.1, 0.15) is 0 Å². The average Bonchev–Trinajstić information content (AvgIpc) is 2.20. The molecule has 0 radical (unpaired) electrons. The van der Waals surface area contributed by atoms with E-state index in [2.05, 4.69) is 21.2 Å². The van der Waals surface area contributed by atoms with E-state index in [-0.39, 0.29) is 0 Å². The Bertz CT molecular complexity index is 369. The number of nitrogens with two attached hydrogens (primary N) is 1. The number of rotatable bonds is 2. The van der Waals surface area contributed by atoms with E-state index < -0.39 is 11.9 Å². The Labute approximate surface area is 89.8 Å². The van der Waals surface area contributed by atoms with E-state index in [0.29, 0.717) is 5.69 Å². The predicted molar refractivity (Wildman–Crippen MR) is 56.4 cm³/mol. The summed E-state index contributed by atoms with van der Waals surface area (Å²) in [6.45, 7) is 0. The summed E-state index contributed by atoms with van der Waals surface area (Å²) in [5.41, 5.74) is 5.83. The van der Waals surface area contributed by atoms with Gasteiger partial charge in [-0.05, 0) is 24.3 Å². The molecule has 3 N–H and O–H groups in total. The summed E-state index contributed by atoms with van der Waals surface area (Å²) < 4.78 is 0.917. The second-order valence-electron chi connectivity index (χ2n) is 2.60. The van der Waals surface area contributed by atoms with E-state index in [1.165, 1.54) is 0 Å². The molecule has 0 aromatic heterocycles. The first kappa shape index (κ1) is 10.7. The maximum absolute atomic E-state index is 11.2. The molecule has 0 saturated carbocycles. The summed E-state index contributed by atoms with van der Waals surface area (Å²) in [6.07, 6.45) is 0. The molecule has 0 aliphatic heterocycles. The van der Waals surface area contributed by atoms with Crippen LogP contribution in [0.25, 0.3) is 0 Å². The van der Waals surface area contributed by atoms with E-state index in [9.17, 15) is 4.79 Å². The maximum Gasteiger partial charge on any atom is 0.255 e. The summed E-state index contributed by atoms with van der Waals surface area (Å²) in [4.78, 5) is 11.2. The standard InChI is InChI=1S/C9H8BrN3O/c10-6-1-3-7(4-2-6)13-9(14)8(12)5-11/h1-4,8H,12H2,(H,13,14)/t8-/m1/s1. The third-order valence-corrected chi connectivity index (χ3v) is 2.06. The van der Waals surface area contributed by atoms with Gasteiger partial charge in [-0.3, -0.25) is 4.79 Å². The number of nitriles is 1. The molecule has 0 spiro atoms. The molecule has 4 nitrogen and oxygen atoms in total. The molecule has 1 rings (SSSR count). The molecule has 72 valence electrons. The SMILES string of the molecule is N#C[C@@H](N)C(=O)Nc1ccc(Br)cc1. The van der Waals surface area contributed by atoms with Gasteiger partial charge in [0, 0.05) is 10.2 Å². The van der Waals surface area contributed by atoms with Crippen molar-refractivity contribution in [3.63, 3.8) is 0 Å². The lowest BCUT2D eigenvalue weighted by atomic mass is 10.3. The van der Waals surface area contributed by atoms with Crippen molar-refractivity contribution in [2.75, 3.05) is 5.32 Å². The Kier molecular flexibility index (Phi) is 3.63. The molecule has 0 saturated heterocycles. The molecule has 14 heavy (non-hydrogen) atoms. The van der Waals surface area contributed by atoms with Crippen LogP contribution in [-0.4, -0.2) is 11.9 Å². The van der Waals surface area contributed by atoms with Crippen molar-refractivity contribution in [3.8, 4) is 6.07 Å². The quantitative estimate of drug-likeness (QED) is 0.833. The summed E-state index contributed by atoms with van der Waals surface area (Å²) in [5.74, 6) is -0.505. The lowest BCUT2D eigenvalue weighted by Crippen LogP contribution is -2.33. The smallest absolute Gasteiger partial charge is 0.255 e. The van der Waals surface area contributed by atoms with Crippen molar-refractivity contribution in [2.24, 2.45) is 5.73 Å². The topological polar surface area (TPSA) is 78.9 Å². The van der Waals surface area contributed by atoms with Crippen LogP contribution in [0.5, 0.6) is 0 Å². The molecule has 1 aromatic rings. The zero-order chi connectivity index (χ0) is 10.6. The first-order chi connectivity index (χ1) is 6.63. The van der Waals surface area contributed by atoms with Gasteiger partial charge in [-0.25, -0.2) is 0 Å². The largest absolute Gasteiger partial charge is 0.324 e. The van der Waals surface area contributed by atoms with Gasteiger partial charge in [-0.15, -0.1) is 0 Å². The molecular weight excluding hydrogens is 246 g/mol. The van der Waals surface area contributed by atoms with Crippen LogP contribution in [0.4, 0.5) is 5.69 Å². The van der Waals surface area contributed by atoms with E-state index in [0.717, 1.165) is 4.47 Å². The van der Waals surface area contributed by atoms with Crippen LogP contribution in [-0.2, 0) is 4.79 Å². The number of nitrogens with zero attached hydrogens (tertiary/aromatic N) is 1. The van der Waals surface area contributed by atoms with Crippen molar-refractivity contribution in [3.05, 3.63) is 28.7 Å². The fraction of sp³-hybridized carbons (Fsp3) is 0.111. The number of carbonyl (C=O) groups excluding carboxylic acids is 1. The van der Waals surface area contributed by atoms with Crippen LogP contribution in [0.1, 0.15) is 0 Å². The molecule has 1 aromatic carbocycles. The van der Waals surface area contributed by atoms with E-state index in [1.54, 1.807) is 30.3 Å². The third kappa shape index (κ3) is 2.83. The molecule has 0 bridgehead atoms. The number of carbonyl (C=O) groups is 1. The van der Waals surface area contributed by atoms with Gasteiger partial charge in [0.25, 0.3) is 5.91 Å². The van der Waals surface area contributed by atoms with Crippen molar-refractivity contribution in [1.82, 2.24) is 0 Å². The van der Waals surface area contributed by atoms with Gasteiger partial charge in [0.05, 0.1) is 6.07 Å². The number of anilines is 1. The Morgan fingerprint density at radius 3 is 2.57 bits per heavy atom. The third-order valence-electron chi connectivity index (χ3n) is 1.53. The fourth-order valence-electron chi connectivity index (χ4n) is 0.812. The molecule has 0 aliphatic rings. The minimum Gasteiger partial charge on any atom is -0.324 e. The second kappa shape index (κ2) is 4.74. The summed E-state index contributed by atoms with van der Waals surface area (Å²) in [6, 6.07) is 7.53. The normalized spacial score (nSPS) is 11.5. The Hall–Kier alpha value is -1.38. The van der Waals surface area contributed by atoms with Crippen LogP contribution >= 0.6 is 15.9 Å². The molecule has 0 aliphatic carbocycles. The summed E-state index contributed by atoms with van der Waals surface area (Å²) >= 11 is 3.26. The average molecular weight is 254 g/mol. The highest BCUT2D eigenvalue weighted by Gasteiger charge is 2.11. The highest BCUT2D eigenvalue weighted by atomic mass is 79.9. The minimum absolute atomic E-state index is 0.505. The first-order valence-corrected chi connectivity index (χ1v) is 4.64. The number of hydrogen-bond donors (Lipinski definition) is 2. The maximum atomic E-state index is 11.2. The number of benzene rings is 1. The van der Waals surface area contributed by atoms with Crippen molar-refractivity contribution in [2.45, 2.75) is 6.04 Å². The Morgan fingerprint density at radius 1 is 1.50 bits per heavy atom. The van der Waals surface area contributed by atoms with Crippen molar-refractivity contribution in [1.29, 1.82) is 5.26 Å². The second-order valence-corrected chi connectivity index (χ2v) is 3.52. The number of halogens is 1. The molecule has 5 heteroatoms. The molecule has 0 unspecified atom stereocenters. The minimum atomic E-state index is -1.13. The van der Waals surface area contributed by atoms with Crippen LogP contribution in [0.2, 0.25) is 0 Å². The molecule has 1 amide bonds.